The van der Waals surface area contributed by atoms with Crippen LogP contribution in [0.4, 0.5) is 8.78 Å². The van der Waals surface area contributed by atoms with Gasteiger partial charge in [-0.05, 0) is 18.2 Å². The van der Waals surface area contributed by atoms with E-state index in [1.807, 2.05) is 6.07 Å². The molecule has 1 aromatic rings. The lowest BCUT2D eigenvalue weighted by Gasteiger charge is -1.91. The Morgan fingerprint density at radius 2 is 2.00 bits per heavy atom. The van der Waals surface area contributed by atoms with Crippen molar-refractivity contribution in [1.29, 1.82) is 5.26 Å². The molecule has 0 amide bonds. The van der Waals surface area contributed by atoms with Crippen LogP contribution in [0.1, 0.15) is 12.0 Å². The van der Waals surface area contributed by atoms with E-state index < -0.39 is 11.6 Å². The summed E-state index contributed by atoms with van der Waals surface area (Å²) in [6, 6.07) is 5.19. The van der Waals surface area contributed by atoms with Crippen LogP contribution in [-0.4, -0.2) is 0 Å². The van der Waals surface area contributed by atoms with Gasteiger partial charge in [0.15, 0.2) is 11.6 Å². The van der Waals surface area contributed by atoms with Crippen molar-refractivity contribution in [3.8, 4) is 17.9 Å². The van der Waals surface area contributed by atoms with Crippen LogP contribution in [0, 0.1) is 34.8 Å². The second kappa shape index (κ2) is 4.23. The van der Waals surface area contributed by atoms with Crippen LogP contribution in [0.15, 0.2) is 18.2 Å². The number of halogens is 2. The molecule has 3 heteroatoms. The maximum Gasteiger partial charge on any atom is 0.160 e. The van der Waals surface area contributed by atoms with Crippen molar-refractivity contribution in [3.05, 3.63) is 35.4 Å². The highest BCUT2D eigenvalue weighted by Crippen LogP contribution is 2.07. The van der Waals surface area contributed by atoms with Crippen LogP contribution in [0.5, 0.6) is 0 Å². The molecule has 0 aromatic heterocycles. The third-order valence-corrected chi connectivity index (χ3v) is 1.32. The van der Waals surface area contributed by atoms with E-state index in [0.717, 1.165) is 12.1 Å². The van der Waals surface area contributed by atoms with Crippen molar-refractivity contribution in [2.45, 2.75) is 6.42 Å². The molecule has 0 heterocycles. The lowest BCUT2D eigenvalue weighted by Crippen LogP contribution is -1.84. The maximum absolute atomic E-state index is 12.6. The second-order valence-electron chi connectivity index (χ2n) is 2.27. The quantitative estimate of drug-likeness (QED) is 0.557. The molecular formula is C10H5F2N. The summed E-state index contributed by atoms with van der Waals surface area (Å²) in [4.78, 5) is 0. The standard InChI is InChI=1S/C10H5F2N/c11-9-5-4-8(7-10(9)12)3-1-2-6-13/h4-5,7H,2H2. The first-order valence-corrected chi connectivity index (χ1v) is 3.55. The van der Waals surface area contributed by atoms with E-state index in [0.29, 0.717) is 5.56 Å². The zero-order valence-electron chi connectivity index (χ0n) is 6.64. The number of benzene rings is 1. The van der Waals surface area contributed by atoms with Gasteiger partial charge in [0.2, 0.25) is 0 Å². The Morgan fingerprint density at radius 1 is 1.23 bits per heavy atom. The van der Waals surface area contributed by atoms with Crippen LogP contribution in [0.25, 0.3) is 0 Å². The normalized spacial score (nSPS) is 8.38. The molecule has 0 aliphatic rings. The van der Waals surface area contributed by atoms with E-state index in [-0.39, 0.29) is 6.42 Å². The monoisotopic (exact) mass is 177 g/mol. The van der Waals surface area contributed by atoms with E-state index in [1.54, 1.807) is 0 Å². The van der Waals surface area contributed by atoms with Gasteiger partial charge in [-0.15, -0.1) is 0 Å². The minimum absolute atomic E-state index is 0.0823. The van der Waals surface area contributed by atoms with Gasteiger partial charge < -0.3 is 0 Å². The van der Waals surface area contributed by atoms with Crippen LogP contribution < -0.4 is 0 Å². The fourth-order valence-electron chi connectivity index (χ4n) is 0.760. The Labute approximate surface area is 74.6 Å². The number of rotatable bonds is 0. The smallest absolute Gasteiger partial charge is 0.160 e. The summed E-state index contributed by atoms with van der Waals surface area (Å²) < 4.78 is 25.0. The number of hydrogen-bond donors (Lipinski definition) is 0. The minimum atomic E-state index is -0.927. The maximum atomic E-state index is 12.6. The Morgan fingerprint density at radius 3 is 2.62 bits per heavy atom. The molecule has 13 heavy (non-hydrogen) atoms. The summed E-state index contributed by atoms with van der Waals surface area (Å²) in [5.41, 5.74) is 0.370. The first kappa shape index (κ1) is 9.22. The summed E-state index contributed by atoms with van der Waals surface area (Å²) >= 11 is 0. The van der Waals surface area contributed by atoms with Gasteiger partial charge >= 0.3 is 0 Å². The molecule has 0 atom stereocenters. The van der Waals surface area contributed by atoms with Gasteiger partial charge in [-0.2, -0.15) is 5.26 Å². The van der Waals surface area contributed by atoms with Crippen LogP contribution in [0.2, 0.25) is 0 Å². The van der Waals surface area contributed by atoms with Crippen LogP contribution >= 0.6 is 0 Å². The Balaban J connectivity index is 2.89. The topological polar surface area (TPSA) is 23.8 Å². The Hall–Kier alpha value is -1.87. The van der Waals surface area contributed by atoms with E-state index in [9.17, 15) is 8.78 Å². The molecule has 0 spiro atoms. The molecule has 0 saturated carbocycles. The van der Waals surface area contributed by atoms with Crippen molar-refractivity contribution in [2.24, 2.45) is 0 Å². The van der Waals surface area contributed by atoms with Gasteiger partial charge in [-0.25, -0.2) is 8.78 Å². The van der Waals surface area contributed by atoms with Crippen molar-refractivity contribution >= 4 is 0 Å². The summed E-state index contributed by atoms with van der Waals surface area (Å²) in [7, 11) is 0. The summed E-state index contributed by atoms with van der Waals surface area (Å²) in [6.45, 7) is 0. The average molecular weight is 177 g/mol. The van der Waals surface area contributed by atoms with E-state index in [4.69, 9.17) is 5.26 Å². The molecule has 0 unspecified atom stereocenters. The SMILES string of the molecule is N#CCC#Cc1ccc(F)c(F)c1. The van der Waals surface area contributed by atoms with E-state index in [2.05, 4.69) is 11.8 Å². The molecule has 1 aromatic carbocycles. The highest BCUT2D eigenvalue weighted by molar-refractivity contribution is 5.35. The predicted octanol–water partition coefficient (Wildman–Crippen LogP) is 2.23. The zero-order valence-corrected chi connectivity index (χ0v) is 6.64. The van der Waals surface area contributed by atoms with Gasteiger partial charge in [0.1, 0.15) is 0 Å². The highest BCUT2D eigenvalue weighted by Gasteiger charge is 1.99. The first-order valence-electron chi connectivity index (χ1n) is 3.55. The van der Waals surface area contributed by atoms with Crippen molar-refractivity contribution < 1.29 is 8.78 Å². The molecule has 0 fully saturated rings. The summed E-state index contributed by atoms with van der Waals surface area (Å²) in [5, 5.41) is 8.16. The number of nitrogens with zero attached hydrogens (tertiary/aromatic N) is 1. The molecule has 0 aliphatic carbocycles. The Kier molecular flexibility index (Phi) is 3.00. The molecule has 1 rings (SSSR count). The second-order valence-corrected chi connectivity index (χ2v) is 2.27. The van der Waals surface area contributed by atoms with E-state index in [1.165, 1.54) is 6.07 Å². The van der Waals surface area contributed by atoms with E-state index >= 15 is 0 Å². The lowest BCUT2D eigenvalue weighted by atomic mass is 10.2. The average Bonchev–Trinajstić information content (AvgIpc) is 2.12. The van der Waals surface area contributed by atoms with Crippen molar-refractivity contribution in [1.82, 2.24) is 0 Å². The lowest BCUT2D eigenvalue weighted by molar-refractivity contribution is 0.508. The highest BCUT2D eigenvalue weighted by atomic mass is 19.2. The Bertz CT molecular complexity index is 407. The third-order valence-electron chi connectivity index (χ3n) is 1.32. The largest absolute Gasteiger partial charge is 0.204 e. The first-order chi connectivity index (χ1) is 6.24. The summed E-state index contributed by atoms with van der Waals surface area (Å²) in [6.07, 6.45) is 0.0823. The predicted molar refractivity (Wildman–Crippen MR) is 43.5 cm³/mol. The zero-order chi connectivity index (χ0) is 9.68. The van der Waals surface area contributed by atoms with Crippen LogP contribution in [-0.2, 0) is 0 Å². The van der Waals surface area contributed by atoms with Gasteiger partial charge in [-0.3, -0.25) is 0 Å². The fourth-order valence-corrected chi connectivity index (χ4v) is 0.760. The molecule has 64 valence electrons. The summed E-state index contributed by atoms with van der Waals surface area (Å²) in [5.74, 6) is 3.21. The van der Waals surface area contributed by atoms with Gasteiger partial charge in [0.25, 0.3) is 0 Å². The number of hydrogen-bond acceptors (Lipinski definition) is 1. The van der Waals surface area contributed by atoms with Crippen LogP contribution in [0.3, 0.4) is 0 Å². The van der Waals surface area contributed by atoms with Gasteiger partial charge in [-0.1, -0.05) is 11.8 Å². The molecule has 0 bridgehead atoms. The molecule has 0 saturated heterocycles. The van der Waals surface area contributed by atoms with Crippen molar-refractivity contribution in [2.75, 3.05) is 0 Å². The molecular weight excluding hydrogens is 172 g/mol. The minimum Gasteiger partial charge on any atom is -0.204 e. The fraction of sp³-hybridized carbons (Fsp3) is 0.100. The molecule has 0 aliphatic heterocycles. The number of nitriles is 1. The molecule has 0 N–H and O–H groups in total. The van der Waals surface area contributed by atoms with Gasteiger partial charge in [0.05, 0.1) is 12.5 Å². The van der Waals surface area contributed by atoms with Crippen molar-refractivity contribution in [3.63, 3.8) is 0 Å². The van der Waals surface area contributed by atoms with Gasteiger partial charge in [0, 0.05) is 5.56 Å². The third kappa shape index (κ3) is 2.57. The molecule has 1 nitrogen and oxygen atoms in total. The molecule has 0 radical (unpaired) electrons.